The van der Waals surface area contributed by atoms with Gasteiger partial charge in [0.15, 0.2) is 5.75 Å². The van der Waals surface area contributed by atoms with Gasteiger partial charge in [-0.3, -0.25) is 0 Å². The zero-order valence-electron chi connectivity index (χ0n) is 16.3. The number of hydrogen-bond acceptors (Lipinski definition) is 4. The van der Waals surface area contributed by atoms with Gasteiger partial charge in [0.05, 0.1) is 16.4 Å². The first kappa shape index (κ1) is 21.6. The van der Waals surface area contributed by atoms with Crippen LogP contribution >= 0.6 is 11.6 Å². The number of hydrogen-bond donors (Lipinski definition) is 3. The van der Waals surface area contributed by atoms with Crippen molar-refractivity contribution in [3.63, 3.8) is 0 Å². The SMILES string of the molecule is CCc1cccc(Oc2ccccc2)c1N.CNc1ccc(CCO)cc1Cl. The van der Waals surface area contributed by atoms with E-state index in [2.05, 4.69) is 12.2 Å². The molecule has 0 unspecified atom stereocenters. The molecule has 0 heterocycles. The van der Waals surface area contributed by atoms with E-state index in [0.717, 1.165) is 40.4 Å². The van der Waals surface area contributed by atoms with Crippen LogP contribution in [0, 0.1) is 0 Å². The summed E-state index contributed by atoms with van der Waals surface area (Å²) < 4.78 is 5.73. The van der Waals surface area contributed by atoms with E-state index in [9.17, 15) is 0 Å². The molecule has 4 nitrogen and oxygen atoms in total. The van der Waals surface area contributed by atoms with E-state index in [4.69, 9.17) is 27.2 Å². The normalized spacial score (nSPS) is 10.0. The number of nitrogen functional groups attached to an aromatic ring is 1. The van der Waals surface area contributed by atoms with E-state index in [0.29, 0.717) is 11.4 Å². The zero-order valence-corrected chi connectivity index (χ0v) is 17.0. The maximum atomic E-state index is 8.68. The number of aliphatic hydroxyl groups excluding tert-OH is 1. The summed E-state index contributed by atoms with van der Waals surface area (Å²) in [6.07, 6.45) is 1.57. The Morgan fingerprint density at radius 1 is 1.04 bits per heavy atom. The molecule has 0 saturated carbocycles. The smallest absolute Gasteiger partial charge is 0.150 e. The Morgan fingerprint density at radius 2 is 1.79 bits per heavy atom. The van der Waals surface area contributed by atoms with Gasteiger partial charge < -0.3 is 20.9 Å². The molecule has 3 rings (SSSR count). The second kappa shape index (κ2) is 11.2. The molecule has 4 N–H and O–H groups in total. The number of aryl methyl sites for hydroxylation is 1. The first-order valence-electron chi connectivity index (χ1n) is 9.26. The van der Waals surface area contributed by atoms with E-state index in [1.165, 1.54) is 0 Å². The van der Waals surface area contributed by atoms with Crippen molar-refractivity contribution in [3.05, 3.63) is 82.9 Å². The second-order valence-corrected chi connectivity index (χ2v) is 6.54. The van der Waals surface area contributed by atoms with Crippen LogP contribution in [0.15, 0.2) is 66.7 Å². The summed E-state index contributed by atoms with van der Waals surface area (Å²) >= 11 is 5.92. The maximum Gasteiger partial charge on any atom is 0.150 e. The number of anilines is 2. The molecule has 148 valence electrons. The van der Waals surface area contributed by atoms with Crippen LogP contribution in [0.5, 0.6) is 11.5 Å². The number of nitrogens with one attached hydrogen (secondary N) is 1. The monoisotopic (exact) mass is 398 g/mol. The molecule has 0 aliphatic carbocycles. The summed E-state index contributed by atoms with van der Waals surface area (Å²) in [5.74, 6) is 1.54. The third-order valence-corrected chi connectivity index (χ3v) is 4.52. The fourth-order valence-electron chi connectivity index (χ4n) is 2.65. The molecule has 0 amide bonds. The molecule has 0 aromatic heterocycles. The van der Waals surface area contributed by atoms with Crippen LogP contribution < -0.4 is 15.8 Å². The van der Waals surface area contributed by atoms with Crippen molar-refractivity contribution in [2.75, 3.05) is 24.7 Å². The van der Waals surface area contributed by atoms with Crippen molar-refractivity contribution < 1.29 is 9.84 Å². The quantitative estimate of drug-likeness (QED) is 0.477. The van der Waals surface area contributed by atoms with Crippen molar-refractivity contribution in [3.8, 4) is 11.5 Å². The van der Waals surface area contributed by atoms with Crippen LogP contribution in [-0.4, -0.2) is 18.8 Å². The lowest BCUT2D eigenvalue weighted by Gasteiger charge is -2.10. The van der Waals surface area contributed by atoms with Gasteiger partial charge >= 0.3 is 0 Å². The van der Waals surface area contributed by atoms with Gasteiger partial charge in [-0.25, -0.2) is 0 Å². The first-order chi connectivity index (χ1) is 13.6. The molecule has 3 aromatic rings. The van der Waals surface area contributed by atoms with Gasteiger partial charge in [0.1, 0.15) is 5.75 Å². The third-order valence-electron chi connectivity index (χ3n) is 4.21. The number of nitrogens with two attached hydrogens (primary N) is 1. The summed E-state index contributed by atoms with van der Waals surface area (Å²) in [4.78, 5) is 0. The lowest BCUT2D eigenvalue weighted by atomic mass is 10.1. The average molecular weight is 399 g/mol. The van der Waals surface area contributed by atoms with Crippen LogP contribution in [-0.2, 0) is 12.8 Å². The number of ether oxygens (including phenoxy) is 1. The molecule has 0 aliphatic rings. The summed E-state index contributed by atoms with van der Waals surface area (Å²) in [5.41, 5.74) is 9.84. The van der Waals surface area contributed by atoms with Gasteiger partial charge in [-0.2, -0.15) is 0 Å². The van der Waals surface area contributed by atoms with Gasteiger partial charge in [-0.1, -0.05) is 54.9 Å². The van der Waals surface area contributed by atoms with Gasteiger partial charge in [0, 0.05) is 13.7 Å². The molecular formula is C23H27ClN2O2. The molecule has 0 spiro atoms. The van der Waals surface area contributed by atoms with Gasteiger partial charge in [0.2, 0.25) is 0 Å². The van der Waals surface area contributed by atoms with Crippen molar-refractivity contribution in [1.82, 2.24) is 0 Å². The fourth-order valence-corrected chi connectivity index (χ4v) is 2.95. The van der Waals surface area contributed by atoms with Crippen molar-refractivity contribution in [2.45, 2.75) is 19.8 Å². The summed E-state index contributed by atoms with van der Waals surface area (Å²) in [6.45, 7) is 2.24. The molecule has 0 radical (unpaired) electrons. The molecule has 28 heavy (non-hydrogen) atoms. The Bertz CT molecular complexity index is 870. The zero-order chi connectivity index (χ0) is 20.4. The van der Waals surface area contributed by atoms with E-state index in [-0.39, 0.29) is 6.61 Å². The minimum atomic E-state index is 0.162. The van der Waals surface area contributed by atoms with Crippen molar-refractivity contribution in [2.24, 2.45) is 0 Å². The van der Waals surface area contributed by atoms with E-state index in [1.54, 1.807) is 0 Å². The lowest BCUT2D eigenvalue weighted by molar-refractivity contribution is 0.299. The number of para-hydroxylation sites is 2. The summed E-state index contributed by atoms with van der Waals surface area (Å²) in [5, 5.41) is 12.3. The summed E-state index contributed by atoms with van der Waals surface area (Å²) in [6, 6.07) is 21.3. The highest BCUT2D eigenvalue weighted by Crippen LogP contribution is 2.30. The first-order valence-corrected chi connectivity index (χ1v) is 9.64. The predicted molar refractivity (Wildman–Crippen MR) is 119 cm³/mol. The maximum absolute atomic E-state index is 8.68. The molecule has 0 bridgehead atoms. The second-order valence-electron chi connectivity index (χ2n) is 6.14. The Kier molecular flexibility index (Phi) is 8.66. The number of halogens is 1. The standard InChI is InChI=1S/C14H15NO.C9H12ClNO/c1-2-11-7-6-10-13(14(11)15)16-12-8-4-3-5-9-12;1-11-9-3-2-7(4-5-12)6-8(9)10/h3-10H,2,15H2,1H3;2-3,6,11-12H,4-5H2,1H3. The van der Waals surface area contributed by atoms with Crippen LogP contribution in [0.4, 0.5) is 11.4 Å². The molecule has 3 aromatic carbocycles. The molecule has 0 aliphatic heterocycles. The molecule has 0 atom stereocenters. The van der Waals surface area contributed by atoms with E-state index in [1.807, 2.05) is 73.8 Å². The Labute approximate surface area is 171 Å². The number of aliphatic hydroxyl groups is 1. The van der Waals surface area contributed by atoms with E-state index < -0.39 is 0 Å². The molecule has 0 saturated heterocycles. The Morgan fingerprint density at radius 3 is 2.39 bits per heavy atom. The minimum absolute atomic E-state index is 0.162. The molecule has 5 heteroatoms. The van der Waals surface area contributed by atoms with Crippen LogP contribution in [0.2, 0.25) is 5.02 Å². The van der Waals surface area contributed by atoms with Gasteiger partial charge in [-0.05, 0) is 54.3 Å². The number of benzene rings is 3. The highest BCUT2D eigenvalue weighted by atomic mass is 35.5. The topological polar surface area (TPSA) is 67.5 Å². The summed E-state index contributed by atoms with van der Waals surface area (Å²) in [7, 11) is 1.83. The number of rotatable bonds is 6. The third kappa shape index (κ3) is 6.19. The van der Waals surface area contributed by atoms with Crippen molar-refractivity contribution >= 4 is 23.0 Å². The minimum Gasteiger partial charge on any atom is -0.455 e. The predicted octanol–water partition coefficient (Wildman–Crippen LogP) is 5.54. The Hall–Kier alpha value is -2.69. The average Bonchev–Trinajstić information content (AvgIpc) is 2.71. The van der Waals surface area contributed by atoms with Crippen molar-refractivity contribution in [1.29, 1.82) is 0 Å². The molecular weight excluding hydrogens is 372 g/mol. The highest BCUT2D eigenvalue weighted by molar-refractivity contribution is 6.33. The van der Waals surface area contributed by atoms with Crippen LogP contribution in [0.1, 0.15) is 18.1 Å². The lowest BCUT2D eigenvalue weighted by Crippen LogP contribution is -1.96. The largest absolute Gasteiger partial charge is 0.455 e. The van der Waals surface area contributed by atoms with Crippen LogP contribution in [0.25, 0.3) is 0 Å². The highest BCUT2D eigenvalue weighted by Gasteiger charge is 2.05. The van der Waals surface area contributed by atoms with Crippen LogP contribution in [0.3, 0.4) is 0 Å². The van der Waals surface area contributed by atoms with E-state index >= 15 is 0 Å². The van der Waals surface area contributed by atoms with Gasteiger partial charge in [0.25, 0.3) is 0 Å². The molecule has 0 fully saturated rings. The fraction of sp³-hybridized carbons (Fsp3) is 0.217. The Balaban J connectivity index is 0.000000209. The van der Waals surface area contributed by atoms with Gasteiger partial charge in [-0.15, -0.1) is 0 Å².